The molecule has 22 heavy (non-hydrogen) atoms. The Bertz CT molecular complexity index is 430. The lowest BCUT2D eigenvalue weighted by Gasteiger charge is -2.60. The molecule has 126 valence electrons. The van der Waals surface area contributed by atoms with E-state index in [-0.39, 0.29) is 0 Å². The first-order chi connectivity index (χ1) is 10.4. The fourth-order valence-electron chi connectivity index (χ4n) is 7.71. The molecule has 0 N–H and O–H groups in total. The summed E-state index contributed by atoms with van der Waals surface area (Å²) in [6, 6.07) is 0.852. The molecule has 7 atom stereocenters. The highest BCUT2D eigenvalue weighted by atomic mass is 15.1. The van der Waals surface area contributed by atoms with Crippen LogP contribution in [0, 0.1) is 34.5 Å². The van der Waals surface area contributed by atoms with Crippen LogP contribution < -0.4 is 0 Å². The Kier molecular flexibility index (Phi) is 3.68. The van der Waals surface area contributed by atoms with Crippen molar-refractivity contribution in [2.75, 3.05) is 14.1 Å². The third kappa shape index (κ3) is 2.14. The summed E-state index contributed by atoms with van der Waals surface area (Å²) >= 11 is 0. The van der Waals surface area contributed by atoms with Crippen LogP contribution in [0.2, 0.25) is 0 Å². The molecular weight excluding hydrogens is 266 g/mol. The van der Waals surface area contributed by atoms with Crippen molar-refractivity contribution >= 4 is 0 Å². The minimum absolute atomic E-state index is 0.661. The fraction of sp³-hybridized carbons (Fsp3) is 1.00. The molecule has 0 heterocycles. The van der Waals surface area contributed by atoms with Crippen molar-refractivity contribution in [3.05, 3.63) is 0 Å². The molecule has 0 saturated heterocycles. The van der Waals surface area contributed by atoms with E-state index in [9.17, 15) is 0 Å². The Morgan fingerprint density at radius 2 is 1.68 bits per heavy atom. The van der Waals surface area contributed by atoms with Gasteiger partial charge in [0.05, 0.1) is 0 Å². The molecule has 0 aromatic carbocycles. The first-order valence-electron chi connectivity index (χ1n) is 10.1. The summed E-state index contributed by atoms with van der Waals surface area (Å²) in [5.41, 5.74) is 1.37. The van der Waals surface area contributed by atoms with Crippen molar-refractivity contribution in [1.29, 1.82) is 0 Å². The van der Waals surface area contributed by atoms with E-state index in [4.69, 9.17) is 0 Å². The third-order valence-electron chi connectivity index (χ3n) is 9.06. The molecule has 0 spiro atoms. The Labute approximate surface area is 138 Å². The average Bonchev–Trinajstić information content (AvgIpc) is 2.84. The second kappa shape index (κ2) is 5.23. The molecule has 0 radical (unpaired) electrons. The van der Waals surface area contributed by atoms with Crippen LogP contribution in [0.25, 0.3) is 0 Å². The summed E-state index contributed by atoms with van der Waals surface area (Å²) in [6.07, 6.45) is 15.2. The topological polar surface area (TPSA) is 3.24 Å². The molecular formula is C21H37N. The van der Waals surface area contributed by atoms with Crippen LogP contribution in [0.15, 0.2) is 0 Å². The minimum Gasteiger partial charge on any atom is -0.306 e. The molecule has 4 aliphatic carbocycles. The average molecular weight is 304 g/mol. The first kappa shape index (κ1) is 15.5. The Hall–Kier alpha value is -0.0400. The van der Waals surface area contributed by atoms with Gasteiger partial charge in [-0.1, -0.05) is 26.7 Å². The molecule has 0 bridgehead atoms. The zero-order chi connectivity index (χ0) is 15.5. The van der Waals surface area contributed by atoms with Crippen LogP contribution in [-0.2, 0) is 0 Å². The monoisotopic (exact) mass is 303 g/mol. The van der Waals surface area contributed by atoms with E-state index in [0.29, 0.717) is 10.8 Å². The number of rotatable bonds is 1. The van der Waals surface area contributed by atoms with Crippen molar-refractivity contribution in [3.8, 4) is 0 Å². The van der Waals surface area contributed by atoms with Crippen molar-refractivity contribution in [2.24, 2.45) is 34.5 Å². The lowest BCUT2D eigenvalue weighted by molar-refractivity contribution is -0.103. The van der Waals surface area contributed by atoms with Gasteiger partial charge in [0.2, 0.25) is 0 Å². The van der Waals surface area contributed by atoms with Gasteiger partial charge in [-0.2, -0.15) is 0 Å². The standard InChI is InChI=1S/C21H37N/c1-20-12-10-18-17(19(20)13-16(14-20)22(3)4)9-8-15-7-5-6-11-21(15,18)2/h15-19H,5-14H2,1-4H3/t15-,16?,17-,18+,19+,20-,21+/m1/s1. The molecule has 0 amide bonds. The van der Waals surface area contributed by atoms with E-state index >= 15 is 0 Å². The number of hydrogen-bond donors (Lipinski definition) is 0. The van der Waals surface area contributed by atoms with Crippen molar-refractivity contribution < 1.29 is 0 Å². The molecule has 1 unspecified atom stereocenters. The van der Waals surface area contributed by atoms with Crippen molar-refractivity contribution in [3.63, 3.8) is 0 Å². The third-order valence-corrected chi connectivity index (χ3v) is 9.06. The molecule has 0 aromatic rings. The van der Waals surface area contributed by atoms with Crippen molar-refractivity contribution in [1.82, 2.24) is 4.90 Å². The lowest BCUT2D eigenvalue weighted by atomic mass is 9.45. The van der Waals surface area contributed by atoms with E-state index in [2.05, 4.69) is 32.8 Å². The summed E-state index contributed by atoms with van der Waals surface area (Å²) in [4.78, 5) is 2.52. The highest BCUT2D eigenvalue weighted by molar-refractivity contribution is 5.08. The molecule has 4 fully saturated rings. The van der Waals surface area contributed by atoms with Gasteiger partial charge in [-0.3, -0.25) is 0 Å². The zero-order valence-electron chi connectivity index (χ0n) is 15.4. The predicted octanol–water partition coefficient (Wildman–Crippen LogP) is 5.35. The molecule has 0 aliphatic heterocycles. The summed E-state index contributed by atoms with van der Waals surface area (Å²) in [5, 5.41) is 0. The molecule has 4 rings (SSSR count). The summed E-state index contributed by atoms with van der Waals surface area (Å²) < 4.78 is 0. The maximum absolute atomic E-state index is 2.70. The van der Waals surface area contributed by atoms with E-state index in [1.807, 2.05) is 0 Å². The van der Waals surface area contributed by atoms with Crippen LogP contribution in [0.1, 0.15) is 78.1 Å². The van der Waals surface area contributed by atoms with Crippen LogP contribution >= 0.6 is 0 Å². The van der Waals surface area contributed by atoms with Gasteiger partial charge in [0.15, 0.2) is 0 Å². The molecule has 4 aliphatic rings. The molecule has 1 nitrogen and oxygen atoms in total. The van der Waals surface area contributed by atoms with Gasteiger partial charge in [-0.05, 0) is 100.0 Å². The number of fused-ring (bicyclic) bond motifs is 5. The van der Waals surface area contributed by atoms with E-state index in [1.165, 1.54) is 32.1 Å². The van der Waals surface area contributed by atoms with Crippen LogP contribution in [0.5, 0.6) is 0 Å². The number of nitrogens with zero attached hydrogens (tertiary/aromatic N) is 1. The van der Waals surface area contributed by atoms with Gasteiger partial charge in [-0.15, -0.1) is 0 Å². The van der Waals surface area contributed by atoms with E-state index in [1.54, 1.807) is 32.1 Å². The van der Waals surface area contributed by atoms with Crippen molar-refractivity contribution in [2.45, 2.75) is 84.1 Å². The van der Waals surface area contributed by atoms with Crippen LogP contribution in [0.3, 0.4) is 0 Å². The SMILES string of the molecule is CN(C)C1C[C@H]2[C@@H]3CC[C@H]4CCCC[C@]4(C)[C@H]3CC[C@]2(C)C1. The predicted molar refractivity (Wildman–Crippen MR) is 93.8 cm³/mol. The van der Waals surface area contributed by atoms with E-state index < -0.39 is 0 Å². The quantitative estimate of drug-likeness (QED) is 0.631. The Morgan fingerprint density at radius 1 is 0.864 bits per heavy atom. The lowest BCUT2D eigenvalue weighted by Crippen LogP contribution is -2.51. The largest absolute Gasteiger partial charge is 0.306 e. The Morgan fingerprint density at radius 3 is 2.45 bits per heavy atom. The highest BCUT2D eigenvalue weighted by Crippen LogP contribution is 2.66. The minimum atomic E-state index is 0.661. The summed E-state index contributed by atoms with van der Waals surface area (Å²) in [6.45, 7) is 5.35. The Balaban J connectivity index is 1.60. The highest BCUT2D eigenvalue weighted by Gasteiger charge is 2.58. The number of hydrogen-bond acceptors (Lipinski definition) is 1. The summed E-state index contributed by atoms with van der Waals surface area (Å²) in [5.74, 6) is 4.21. The van der Waals surface area contributed by atoms with Gasteiger partial charge < -0.3 is 4.90 Å². The van der Waals surface area contributed by atoms with Crippen LogP contribution in [-0.4, -0.2) is 25.0 Å². The normalized spacial score (nSPS) is 54.7. The second-order valence-corrected chi connectivity index (χ2v) is 10.2. The van der Waals surface area contributed by atoms with Gasteiger partial charge >= 0.3 is 0 Å². The fourth-order valence-corrected chi connectivity index (χ4v) is 7.71. The molecule has 0 aromatic heterocycles. The molecule has 1 heteroatoms. The van der Waals surface area contributed by atoms with Gasteiger partial charge in [-0.25, -0.2) is 0 Å². The first-order valence-corrected chi connectivity index (χ1v) is 10.1. The summed E-state index contributed by atoms with van der Waals surface area (Å²) in [7, 11) is 4.62. The van der Waals surface area contributed by atoms with Gasteiger partial charge in [0.1, 0.15) is 0 Å². The molecule has 4 saturated carbocycles. The van der Waals surface area contributed by atoms with E-state index in [0.717, 1.165) is 29.7 Å². The maximum atomic E-state index is 2.70. The van der Waals surface area contributed by atoms with Gasteiger partial charge in [0.25, 0.3) is 0 Å². The second-order valence-electron chi connectivity index (χ2n) is 10.2. The van der Waals surface area contributed by atoms with Gasteiger partial charge in [0, 0.05) is 6.04 Å². The maximum Gasteiger partial charge on any atom is 0.00974 e. The van der Waals surface area contributed by atoms with Crippen LogP contribution in [0.4, 0.5) is 0 Å². The smallest absolute Gasteiger partial charge is 0.00974 e. The zero-order valence-corrected chi connectivity index (χ0v) is 15.4.